The number of nitrogens with zero attached hydrogens (tertiary/aromatic N) is 3. The van der Waals surface area contributed by atoms with Crippen LogP contribution in [0.3, 0.4) is 0 Å². The maximum absolute atomic E-state index is 14.2. The van der Waals surface area contributed by atoms with Gasteiger partial charge in [-0.05, 0) is 58.9 Å². The molecule has 0 spiro atoms. The van der Waals surface area contributed by atoms with Crippen molar-refractivity contribution >= 4 is 29.0 Å². The van der Waals surface area contributed by atoms with E-state index in [0.717, 1.165) is 43.4 Å². The highest BCUT2D eigenvalue weighted by Crippen LogP contribution is 2.42. The number of anilines is 1. The molecule has 0 saturated carbocycles. The summed E-state index contributed by atoms with van der Waals surface area (Å²) in [7, 11) is 0. The maximum atomic E-state index is 14.2. The van der Waals surface area contributed by atoms with Gasteiger partial charge in [0.15, 0.2) is 5.01 Å². The largest absolute Gasteiger partial charge is 0.389 e. The van der Waals surface area contributed by atoms with Crippen molar-refractivity contribution in [1.29, 1.82) is 0 Å². The number of hydrogen-bond acceptors (Lipinski definition) is 7. The summed E-state index contributed by atoms with van der Waals surface area (Å²) in [5, 5.41) is 15.6. The molecule has 36 heavy (non-hydrogen) atoms. The van der Waals surface area contributed by atoms with Crippen LogP contribution in [0.1, 0.15) is 92.1 Å². The predicted octanol–water partition coefficient (Wildman–Crippen LogP) is 4.62. The molecule has 0 aromatic carbocycles. The number of thiazole rings is 1. The van der Waals surface area contributed by atoms with Gasteiger partial charge >= 0.3 is 0 Å². The highest BCUT2D eigenvalue weighted by Gasteiger charge is 2.44. The van der Waals surface area contributed by atoms with Crippen molar-refractivity contribution in [3.63, 3.8) is 0 Å². The summed E-state index contributed by atoms with van der Waals surface area (Å²) in [5.41, 5.74) is -1.33. The van der Waals surface area contributed by atoms with Gasteiger partial charge in [0.25, 0.3) is 18.2 Å². The highest BCUT2D eigenvalue weighted by molar-refractivity contribution is 7.17. The van der Waals surface area contributed by atoms with Crippen LogP contribution in [0.5, 0.6) is 0 Å². The summed E-state index contributed by atoms with van der Waals surface area (Å²) in [5.74, 6) is -0.593. The van der Waals surface area contributed by atoms with E-state index >= 15 is 0 Å². The molecular weight excluding hydrogens is 488 g/mol. The van der Waals surface area contributed by atoms with E-state index in [1.165, 1.54) is 12.3 Å². The molecule has 8 nitrogen and oxygen atoms in total. The zero-order valence-electron chi connectivity index (χ0n) is 21.0. The second-order valence-electron chi connectivity index (χ2n) is 10.3. The van der Waals surface area contributed by atoms with Crippen LogP contribution in [-0.4, -0.2) is 62.1 Å². The number of amides is 2. The second kappa shape index (κ2) is 10.4. The first-order chi connectivity index (χ1) is 17.0. The van der Waals surface area contributed by atoms with Gasteiger partial charge in [0.1, 0.15) is 11.5 Å². The highest BCUT2D eigenvalue weighted by atomic mass is 32.1. The number of fused-ring (bicyclic) bond motifs is 2. The van der Waals surface area contributed by atoms with E-state index in [1.807, 2.05) is 18.7 Å². The Morgan fingerprint density at radius 3 is 2.44 bits per heavy atom. The van der Waals surface area contributed by atoms with Gasteiger partial charge in [-0.25, -0.2) is 18.7 Å². The Kier molecular flexibility index (Phi) is 7.61. The Morgan fingerprint density at radius 2 is 1.89 bits per heavy atom. The third-order valence-electron chi connectivity index (χ3n) is 6.82. The van der Waals surface area contributed by atoms with Crippen molar-refractivity contribution in [2.24, 2.45) is 0 Å². The zero-order valence-corrected chi connectivity index (χ0v) is 21.8. The average molecular weight is 522 g/mol. The lowest BCUT2D eigenvalue weighted by Crippen LogP contribution is -2.38. The maximum Gasteiger partial charge on any atom is 0.280 e. The van der Waals surface area contributed by atoms with Crippen LogP contribution in [-0.2, 0) is 0 Å². The van der Waals surface area contributed by atoms with E-state index in [0.29, 0.717) is 5.82 Å². The molecule has 2 saturated heterocycles. The summed E-state index contributed by atoms with van der Waals surface area (Å²) in [6.45, 7) is 6.98. The Labute approximate surface area is 213 Å². The van der Waals surface area contributed by atoms with Gasteiger partial charge in [0.2, 0.25) is 0 Å². The van der Waals surface area contributed by atoms with Gasteiger partial charge in [-0.15, -0.1) is 11.3 Å². The molecular formula is C25H33F2N5O3S. The number of halogens is 2. The number of carbonyl (C=O) groups is 2. The Bertz CT molecular complexity index is 1110. The van der Waals surface area contributed by atoms with E-state index in [4.69, 9.17) is 0 Å². The minimum Gasteiger partial charge on any atom is -0.389 e. The van der Waals surface area contributed by atoms with Gasteiger partial charge in [-0.3, -0.25) is 9.59 Å². The molecule has 2 amide bonds. The van der Waals surface area contributed by atoms with Gasteiger partial charge in [0.05, 0.1) is 10.5 Å². The lowest BCUT2D eigenvalue weighted by Gasteiger charge is -2.22. The lowest BCUT2D eigenvalue weighted by atomic mass is 10.0. The molecule has 4 heterocycles. The first kappa shape index (κ1) is 26.4. The molecule has 2 aliphatic rings. The molecule has 0 unspecified atom stereocenters. The van der Waals surface area contributed by atoms with Crippen LogP contribution < -0.4 is 10.6 Å². The van der Waals surface area contributed by atoms with E-state index in [9.17, 15) is 23.5 Å². The minimum absolute atomic E-state index is 0.00135. The zero-order chi connectivity index (χ0) is 26.2. The van der Waals surface area contributed by atoms with Crippen LogP contribution in [0.15, 0.2) is 12.3 Å². The molecule has 3 N–H and O–H groups in total. The van der Waals surface area contributed by atoms with Gasteiger partial charge in [-0.2, -0.15) is 0 Å². The van der Waals surface area contributed by atoms with Crippen LogP contribution in [0.2, 0.25) is 0 Å². The second-order valence-corrected chi connectivity index (χ2v) is 11.3. The first-order valence-electron chi connectivity index (χ1n) is 12.4. The molecule has 2 aromatic rings. The van der Waals surface area contributed by atoms with Crippen LogP contribution in [0.25, 0.3) is 10.4 Å². The van der Waals surface area contributed by atoms with Crippen molar-refractivity contribution in [1.82, 2.24) is 20.2 Å². The number of aliphatic hydroxyl groups is 1. The Balaban J connectivity index is 1.76. The molecule has 0 radical (unpaired) electrons. The lowest BCUT2D eigenvalue weighted by molar-refractivity contribution is 0.0692. The third kappa shape index (κ3) is 5.51. The number of aromatic nitrogens is 2. The summed E-state index contributed by atoms with van der Waals surface area (Å²) < 4.78 is 28.4. The van der Waals surface area contributed by atoms with Crippen LogP contribution in [0.4, 0.5) is 14.6 Å². The van der Waals surface area contributed by atoms with Crippen molar-refractivity contribution < 1.29 is 23.5 Å². The van der Waals surface area contributed by atoms with Crippen LogP contribution >= 0.6 is 11.3 Å². The smallest absolute Gasteiger partial charge is 0.280 e. The van der Waals surface area contributed by atoms with Crippen molar-refractivity contribution in [3.05, 3.63) is 28.5 Å². The van der Waals surface area contributed by atoms with Gasteiger partial charge < -0.3 is 20.6 Å². The van der Waals surface area contributed by atoms with E-state index < -0.39 is 17.9 Å². The number of alkyl halides is 2. The number of rotatable bonds is 9. The van der Waals surface area contributed by atoms with Crippen molar-refractivity contribution in [3.8, 4) is 10.4 Å². The topological polar surface area (TPSA) is 107 Å². The summed E-state index contributed by atoms with van der Waals surface area (Å²) in [6, 6.07) is 1.57. The van der Waals surface area contributed by atoms with Crippen molar-refractivity contribution in [2.45, 2.75) is 90.0 Å². The third-order valence-corrected chi connectivity index (χ3v) is 7.90. The van der Waals surface area contributed by atoms with E-state index in [1.54, 1.807) is 13.8 Å². The number of pyridine rings is 1. The summed E-state index contributed by atoms with van der Waals surface area (Å²) in [4.78, 5) is 37.2. The quantitative estimate of drug-likeness (QED) is 0.445. The first-order valence-corrected chi connectivity index (χ1v) is 13.2. The number of nitrogens with one attached hydrogen (secondary N) is 2. The fraction of sp³-hybridized carbons (Fsp3) is 0.600. The normalized spacial score (nSPS) is 20.2. The fourth-order valence-corrected chi connectivity index (χ4v) is 5.76. The summed E-state index contributed by atoms with van der Waals surface area (Å²) >= 11 is 0.891. The van der Waals surface area contributed by atoms with E-state index in [2.05, 4.69) is 20.6 Å². The number of carbonyl (C=O) groups excluding carboxylic acids is 2. The van der Waals surface area contributed by atoms with Crippen LogP contribution in [0, 0.1) is 0 Å². The molecule has 2 aliphatic heterocycles. The Morgan fingerprint density at radius 1 is 1.25 bits per heavy atom. The fourth-order valence-electron chi connectivity index (χ4n) is 4.76. The number of hydrogen-bond donors (Lipinski definition) is 3. The molecule has 2 aromatic heterocycles. The molecule has 196 valence electrons. The van der Waals surface area contributed by atoms with Crippen molar-refractivity contribution in [2.75, 3.05) is 11.9 Å². The Hall–Kier alpha value is -2.66. The SMILES string of the molecule is CC[C@@H](C)Nc1cc(C(F)F)c(-c2sc(C(=O)NCC(C)(C)O)nc2C(=O)N2C3CCC2CC3)cn1. The molecule has 4 rings (SSSR count). The van der Waals surface area contributed by atoms with Gasteiger partial charge in [-0.1, -0.05) is 6.92 Å². The minimum atomic E-state index is -2.82. The molecule has 2 bridgehead atoms. The average Bonchev–Trinajstić information content (AvgIpc) is 3.56. The van der Waals surface area contributed by atoms with Gasteiger partial charge in [0, 0.05) is 42.0 Å². The molecule has 11 heteroatoms. The monoisotopic (exact) mass is 521 g/mol. The standard InChI is InChI=1S/C25H33F2N5O3S/c1-5-13(2)30-18-10-16(21(26)27)17(11-28-18)20-19(24(34)32-14-6-7-15(32)9-8-14)31-23(36-20)22(33)29-12-25(3,4)35/h10-11,13-15,21,35H,5-9,12H2,1-4H3,(H,28,30)(H,29,33)/t13-,14?,15?/m1/s1. The molecule has 0 aliphatic carbocycles. The summed E-state index contributed by atoms with van der Waals surface area (Å²) in [6.07, 6.45) is 2.95. The molecule has 2 fully saturated rings. The van der Waals surface area contributed by atoms with E-state index in [-0.39, 0.29) is 57.3 Å². The molecule has 1 atom stereocenters. The predicted molar refractivity (Wildman–Crippen MR) is 135 cm³/mol.